The summed E-state index contributed by atoms with van der Waals surface area (Å²) < 4.78 is 37.1. The van der Waals surface area contributed by atoms with Crippen LogP contribution in [0.3, 0.4) is 0 Å². The first-order valence-corrected chi connectivity index (χ1v) is 7.92. The molecule has 0 unspecified atom stereocenters. The zero-order valence-electron chi connectivity index (χ0n) is 13.8. The number of halogens is 3. The molecule has 0 aliphatic carbocycles. The number of alkyl halides is 3. The molecule has 1 saturated heterocycles. The van der Waals surface area contributed by atoms with Gasteiger partial charge in [-0.3, -0.25) is 14.5 Å². The molecule has 1 aromatic rings. The summed E-state index contributed by atoms with van der Waals surface area (Å²) >= 11 is 0. The Morgan fingerprint density at radius 2 is 1.96 bits per heavy atom. The molecule has 0 spiro atoms. The normalized spacial score (nSPS) is 17.0. The Labute approximate surface area is 138 Å². The average Bonchev–Trinajstić information content (AvgIpc) is 2.45. The van der Waals surface area contributed by atoms with Gasteiger partial charge >= 0.3 is 6.18 Å². The van der Waals surface area contributed by atoms with E-state index in [4.69, 9.17) is 0 Å². The van der Waals surface area contributed by atoms with E-state index in [-0.39, 0.29) is 37.0 Å². The Morgan fingerprint density at radius 3 is 2.50 bits per heavy atom. The number of carbonyl (C=O) groups excluding carboxylic acids is 1. The molecule has 1 aliphatic heterocycles. The molecule has 0 atom stereocenters. The van der Waals surface area contributed by atoms with Crippen LogP contribution in [0.2, 0.25) is 0 Å². The Morgan fingerprint density at radius 1 is 1.33 bits per heavy atom. The number of hydrogen-bond acceptors (Lipinski definition) is 3. The van der Waals surface area contributed by atoms with Crippen LogP contribution in [-0.2, 0) is 11.3 Å². The number of rotatable bonds is 4. The Bertz CT molecular complexity index is 647. The predicted molar refractivity (Wildman–Crippen MR) is 83.6 cm³/mol. The van der Waals surface area contributed by atoms with E-state index >= 15 is 0 Å². The lowest BCUT2D eigenvalue weighted by atomic mass is 9.95. The van der Waals surface area contributed by atoms with E-state index in [1.54, 1.807) is 13.8 Å². The van der Waals surface area contributed by atoms with Crippen molar-refractivity contribution in [3.63, 3.8) is 0 Å². The van der Waals surface area contributed by atoms with Crippen LogP contribution < -0.4 is 10.9 Å². The van der Waals surface area contributed by atoms with Gasteiger partial charge in [-0.05, 0) is 51.4 Å². The molecule has 8 heteroatoms. The molecule has 2 N–H and O–H groups in total. The van der Waals surface area contributed by atoms with Gasteiger partial charge in [0.1, 0.15) is 0 Å². The van der Waals surface area contributed by atoms with Crippen molar-refractivity contribution in [2.75, 3.05) is 19.6 Å². The second kappa shape index (κ2) is 7.38. The van der Waals surface area contributed by atoms with E-state index in [0.29, 0.717) is 18.4 Å². The number of likely N-dealkylation sites (tertiary alicyclic amines) is 1. The van der Waals surface area contributed by atoms with E-state index in [0.717, 1.165) is 11.3 Å². The van der Waals surface area contributed by atoms with Crippen LogP contribution in [0.5, 0.6) is 0 Å². The quantitative estimate of drug-likeness (QED) is 0.876. The standard InChI is InChI=1S/C16H22F3N3O2/c1-10-7-11(2)21-15(24)13(10)8-20-14(23)12-3-5-22(6-4-12)9-16(17,18)19/h7,12H,3-6,8-9H2,1-2H3,(H,20,23)(H,21,24). The number of nitrogens with zero attached hydrogens (tertiary/aromatic N) is 1. The molecule has 5 nitrogen and oxygen atoms in total. The van der Waals surface area contributed by atoms with Gasteiger partial charge in [0.15, 0.2) is 0 Å². The summed E-state index contributed by atoms with van der Waals surface area (Å²) in [5.41, 5.74) is 1.83. The Kier molecular flexibility index (Phi) is 5.69. The van der Waals surface area contributed by atoms with Crippen molar-refractivity contribution in [1.82, 2.24) is 15.2 Å². The van der Waals surface area contributed by atoms with E-state index in [2.05, 4.69) is 10.3 Å². The number of piperidine rings is 1. The minimum Gasteiger partial charge on any atom is -0.352 e. The predicted octanol–water partition coefficient (Wildman–Crippen LogP) is 1.88. The van der Waals surface area contributed by atoms with Crippen molar-refractivity contribution >= 4 is 5.91 Å². The van der Waals surface area contributed by atoms with Crippen molar-refractivity contribution in [1.29, 1.82) is 0 Å². The molecular weight excluding hydrogens is 323 g/mol. The summed E-state index contributed by atoms with van der Waals surface area (Å²) in [5.74, 6) is -0.514. The second-order valence-electron chi connectivity index (χ2n) is 6.33. The van der Waals surface area contributed by atoms with Crippen molar-refractivity contribution in [2.24, 2.45) is 5.92 Å². The summed E-state index contributed by atoms with van der Waals surface area (Å²) in [6.07, 6.45) is -3.42. The van der Waals surface area contributed by atoms with Gasteiger partial charge in [0, 0.05) is 23.7 Å². The van der Waals surface area contributed by atoms with Gasteiger partial charge in [0.25, 0.3) is 5.56 Å². The molecule has 0 bridgehead atoms. The topological polar surface area (TPSA) is 65.2 Å². The van der Waals surface area contributed by atoms with Crippen LogP contribution in [0.25, 0.3) is 0 Å². The van der Waals surface area contributed by atoms with Crippen LogP contribution >= 0.6 is 0 Å². The molecule has 0 aromatic carbocycles. The minimum absolute atomic E-state index is 0.128. The Balaban J connectivity index is 1.86. The molecular formula is C16H22F3N3O2. The number of hydrogen-bond donors (Lipinski definition) is 2. The van der Waals surface area contributed by atoms with Gasteiger partial charge in [0.05, 0.1) is 6.54 Å². The van der Waals surface area contributed by atoms with Gasteiger partial charge < -0.3 is 10.3 Å². The maximum Gasteiger partial charge on any atom is 0.401 e. The molecule has 134 valence electrons. The zero-order valence-corrected chi connectivity index (χ0v) is 13.8. The van der Waals surface area contributed by atoms with Gasteiger partial charge in [-0.25, -0.2) is 0 Å². The van der Waals surface area contributed by atoms with Crippen LogP contribution in [0.4, 0.5) is 13.2 Å². The Hall–Kier alpha value is -1.83. The van der Waals surface area contributed by atoms with Crippen LogP contribution in [0.1, 0.15) is 29.7 Å². The van der Waals surface area contributed by atoms with E-state index in [1.807, 2.05) is 6.07 Å². The fraction of sp³-hybridized carbons (Fsp3) is 0.625. The lowest BCUT2D eigenvalue weighted by molar-refractivity contribution is -0.149. The summed E-state index contributed by atoms with van der Waals surface area (Å²) in [5, 5.41) is 2.73. The smallest absolute Gasteiger partial charge is 0.352 e. The maximum atomic E-state index is 12.4. The van der Waals surface area contributed by atoms with E-state index in [1.165, 1.54) is 4.90 Å². The summed E-state index contributed by atoms with van der Waals surface area (Å²) in [7, 11) is 0. The summed E-state index contributed by atoms with van der Waals surface area (Å²) in [6, 6.07) is 1.83. The number of carbonyl (C=O) groups is 1. The number of pyridine rings is 1. The van der Waals surface area contributed by atoms with Crippen LogP contribution in [0.15, 0.2) is 10.9 Å². The zero-order chi connectivity index (χ0) is 17.9. The second-order valence-corrected chi connectivity index (χ2v) is 6.33. The van der Waals surface area contributed by atoms with Crippen LogP contribution in [0, 0.1) is 19.8 Å². The van der Waals surface area contributed by atoms with Crippen molar-refractivity contribution < 1.29 is 18.0 Å². The molecule has 1 fully saturated rings. The largest absolute Gasteiger partial charge is 0.401 e. The molecule has 2 heterocycles. The first-order chi connectivity index (χ1) is 11.2. The number of nitrogens with one attached hydrogen (secondary N) is 2. The van der Waals surface area contributed by atoms with Gasteiger partial charge in [0.2, 0.25) is 5.91 Å². The molecule has 0 radical (unpaired) electrons. The SMILES string of the molecule is Cc1cc(C)c(CNC(=O)C2CCN(CC(F)(F)F)CC2)c(=O)[nH]1. The highest BCUT2D eigenvalue weighted by Gasteiger charge is 2.33. The monoisotopic (exact) mass is 345 g/mol. The summed E-state index contributed by atoms with van der Waals surface area (Å²) in [4.78, 5) is 28.1. The minimum atomic E-state index is -4.21. The number of aromatic amines is 1. The molecule has 1 aromatic heterocycles. The number of aromatic nitrogens is 1. The molecule has 1 amide bonds. The molecule has 2 rings (SSSR count). The molecule has 24 heavy (non-hydrogen) atoms. The number of amides is 1. The highest BCUT2D eigenvalue weighted by molar-refractivity contribution is 5.78. The van der Waals surface area contributed by atoms with Gasteiger partial charge in [-0.15, -0.1) is 0 Å². The fourth-order valence-electron chi connectivity index (χ4n) is 3.03. The third-order valence-corrected chi connectivity index (χ3v) is 4.29. The average molecular weight is 345 g/mol. The highest BCUT2D eigenvalue weighted by atomic mass is 19.4. The first-order valence-electron chi connectivity index (χ1n) is 7.92. The van der Waals surface area contributed by atoms with Crippen molar-refractivity contribution in [2.45, 2.75) is 39.4 Å². The van der Waals surface area contributed by atoms with Gasteiger partial charge in [-0.1, -0.05) is 0 Å². The first kappa shape index (κ1) is 18.5. The lowest BCUT2D eigenvalue weighted by Gasteiger charge is -2.31. The third kappa shape index (κ3) is 5.09. The van der Waals surface area contributed by atoms with Gasteiger partial charge in [-0.2, -0.15) is 13.2 Å². The van der Waals surface area contributed by atoms with Crippen molar-refractivity contribution in [3.8, 4) is 0 Å². The highest BCUT2D eigenvalue weighted by Crippen LogP contribution is 2.22. The van der Waals surface area contributed by atoms with Crippen molar-refractivity contribution in [3.05, 3.63) is 33.2 Å². The molecule has 0 saturated carbocycles. The summed E-state index contributed by atoms with van der Waals surface area (Å²) in [6.45, 7) is 3.29. The number of aryl methyl sites for hydroxylation is 2. The maximum absolute atomic E-state index is 12.4. The lowest BCUT2D eigenvalue weighted by Crippen LogP contribution is -2.44. The number of H-pyrrole nitrogens is 1. The van der Waals surface area contributed by atoms with E-state index < -0.39 is 12.7 Å². The third-order valence-electron chi connectivity index (χ3n) is 4.29. The molecule has 1 aliphatic rings. The van der Waals surface area contributed by atoms with E-state index in [9.17, 15) is 22.8 Å². The van der Waals surface area contributed by atoms with Crippen LogP contribution in [-0.4, -0.2) is 41.6 Å². The fourth-order valence-corrected chi connectivity index (χ4v) is 3.03.